The van der Waals surface area contributed by atoms with Gasteiger partial charge in [-0.15, -0.1) is 0 Å². The number of carbonyl (C=O) groups excluding carboxylic acids is 2. The average Bonchev–Trinajstić information content (AvgIpc) is 2.58. The molecule has 2 rings (SSSR count). The van der Waals surface area contributed by atoms with Crippen LogP contribution in [-0.4, -0.2) is 34.0 Å². The highest BCUT2D eigenvalue weighted by atomic mass is 16.2. The SMILES string of the molecule is O=C(Cn1cccnc1=O)N[C@H]1CCCCNC1=O. The topological polar surface area (TPSA) is 93.1 Å². The van der Waals surface area contributed by atoms with Crippen molar-refractivity contribution < 1.29 is 9.59 Å². The molecule has 1 atom stereocenters. The Hall–Kier alpha value is -2.18. The fraction of sp³-hybridized carbons (Fsp3) is 0.500. The molecule has 0 aliphatic carbocycles. The van der Waals surface area contributed by atoms with Crippen molar-refractivity contribution in [3.63, 3.8) is 0 Å². The third-order valence-corrected chi connectivity index (χ3v) is 2.97. The van der Waals surface area contributed by atoms with Crippen molar-refractivity contribution in [2.24, 2.45) is 0 Å². The summed E-state index contributed by atoms with van der Waals surface area (Å²) in [5.74, 6) is -0.526. The molecule has 0 aromatic carbocycles. The molecule has 0 radical (unpaired) electrons. The minimum absolute atomic E-state index is 0.129. The first-order valence-corrected chi connectivity index (χ1v) is 6.25. The van der Waals surface area contributed by atoms with Gasteiger partial charge in [-0.2, -0.15) is 0 Å². The van der Waals surface area contributed by atoms with Gasteiger partial charge < -0.3 is 10.6 Å². The van der Waals surface area contributed by atoms with Gasteiger partial charge in [-0.05, 0) is 25.3 Å². The summed E-state index contributed by atoms with van der Waals surface area (Å²) < 4.78 is 1.20. The first-order chi connectivity index (χ1) is 9.16. The van der Waals surface area contributed by atoms with Crippen molar-refractivity contribution in [2.45, 2.75) is 31.8 Å². The second-order valence-corrected chi connectivity index (χ2v) is 4.44. The van der Waals surface area contributed by atoms with Crippen LogP contribution in [0.1, 0.15) is 19.3 Å². The highest BCUT2D eigenvalue weighted by Crippen LogP contribution is 2.05. The predicted octanol–water partition coefficient (Wildman–Crippen LogP) is -0.972. The Bertz CT molecular complexity index is 526. The Morgan fingerprint density at radius 1 is 1.47 bits per heavy atom. The highest BCUT2D eigenvalue weighted by molar-refractivity contribution is 5.87. The molecule has 0 spiro atoms. The lowest BCUT2D eigenvalue weighted by Crippen LogP contribution is -2.47. The smallest absolute Gasteiger partial charge is 0.347 e. The van der Waals surface area contributed by atoms with Gasteiger partial charge in [0.05, 0.1) is 0 Å². The van der Waals surface area contributed by atoms with Crippen molar-refractivity contribution in [3.05, 3.63) is 28.9 Å². The quantitative estimate of drug-likeness (QED) is 0.734. The number of carbonyl (C=O) groups is 2. The minimum Gasteiger partial charge on any atom is -0.354 e. The highest BCUT2D eigenvalue weighted by Gasteiger charge is 2.22. The average molecular weight is 264 g/mol. The van der Waals surface area contributed by atoms with E-state index in [2.05, 4.69) is 15.6 Å². The zero-order valence-corrected chi connectivity index (χ0v) is 10.5. The molecule has 2 amide bonds. The van der Waals surface area contributed by atoms with E-state index >= 15 is 0 Å². The molecule has 2 heterocycles. The van der Waals surface area contributed by atoms with Crippen LogP contribution in [0.15, 0.2) is 23.3 Å². The van der Waals surface area contributed by atoms with E-state index < -0.39 is 11.7 Å². The number of hydrogen-bond donors (Lipinski definition) is 2. The molecular formula is C12H16N4O3. The molecule has 1 saturated heterocycles. The van der Waals surface area contributed by atoms with Crippen molar-refractivity contribution in [2.75, 3.05) is 6.54 Å². The van der Waals surface area contributed by atoms with Crippen LogP contribution in [0.5, 0.6) is 0 Å². The molecule has 7 heteroatoms. The lowest BCUT2D eigenvalue weighted by molar-refractivity contribution is -0.129. The van der Waals surface area contributed by atoms with Crippen LogP contribution < -0.4 is 16.3 Å². The number of hydrogen-bond acceptors (Lipinski definition) is 4. The van der Waals surface area contributed by atoms with Crippen molar-refractivity contribution >= 4 is 11.8 Å². The number of amides is 2. The van der Waals surface area contributed by atoms with E-state index in [1.54, 1.807) is 6.07 Å². The Morgan fingerprint density at radius 3 is 3.11 bits per heavy atom. The van der Waals surface area contributed by atoms with Crippen molar-refractivity contribution in [1.82, 2.24) is 20.2 Å². The number of aromatic nitrogens is 2. The second kappa shape index (κ2) is 6.12. The number of rotatable bonds is 3. The summed E-state index contributed by atoms with van der Waals surface area (Å²) in [4.78, 5) is 38.4. The molecule has 1 aliphatic heterocycles. The largest absolute Gasteiger partial charge is 0.354 e. The fourth-order valence-electron chi connectivity index (χ4n) is 1.98. The maximum Gasteiger partial charge on any atom is 0.347 e. The lowest BCUT2D eigenvalue weighted by Gasteiger charge is -2.15. The first kappa shape index (κ1) is 13.3. The first-order valence-electron chi connectivity index (χ1n) is 6.25. The summed E-state index contributed by atoms with van der Waals surface area (Å²) in [6.07, 6.45) is 5.29. The van der Waals surface area contributed by atoms with Gasteiger partial charge in [-0.25, -0.2) is 9.78 Å². The molecular weight excluding hydrogens is 248 g/mol. The molecule has 0 saturated carbocycles. The van der Waals surface area contributed by atoms with Gasteiger partial charge in [0.1, 0.15) is 12.6 Å². The molecule has 102 valence electrons. The molecule has 0 unspecified atom stereocenters. The number of nitrogens with one attached hydrogen (secondary N) is 2. The van der Waals surface area contributed by atoms with E-state index in [0.717, 1.165) is 12.8 Å². The Kier molecular flexibility index (Phi) is 4.27. The van der Waals surface area contributed by atoms with E-state index in [0.29, 0.717) is 13.0 Å². The Morgan fingerprint density at radius 2 is 2.32 bits per heavy atom. The van der Waals surface area contributed by atoms with Crippen LogP contribution in [-0.2, 0) is 16.1 Å². The molecule has 7 nitrogen and oxygen atoms in total. The van der Waals surface area contributed by atoms with Gasteiger partial charge in [0.2, 0.25) is 11.8 Å². The zero-order valence-electron chi connectivity index (χ0n) is 10.5. The van der Waals surface area contributed by atoms with Crippen LogP contribution in [0.4, 0.5) is 0 Å². The van der Waals surface area contributed by atoms with Crippen LogP contribution in [0.3, 0.4) is 0 Å². The van der Waals surface area contributed by atoms with Crippen LogP contribution in [0, 0.1) is 0 Å². The molecule has 19 heavy (non-hydrogen) atoms. The summed E-state index contributed by atoms with van der Waals surface area (Å²) in [5, 5.41) is 5.39. The third-order valence-electron chi connectivity index (χ3n) is 2.97. The molecule has 1 aromatic heterocycles. The predicted molar refractivity (Wildman–Crippen MR) is 67.3 cm³/mol. The van der Waals surface area contributed by atoms with Gasteiger partial charge in [-0.3, -0.25) is 14.2 Å². The standard InChI is InChI=1S/C12H16N4O3/c17-10(8-16-7-3-6-14-12(16)19)15-9-4-1-2-5-13-11(9)18/h3,6-7,9H,1-2,4-5,8H2,(H,13,18)(H,15,17)/t9-/m0/s1. The van der Waals surface area contributed by atoms with Crippen molar-refractivity contribution in [3.8, 4) is 0 Å². The van der Waals surface area contributed by atoms with E-state index in [1.165, 1.54) is 17.0 Å². The summed E-state index contributed by atoms with van der Waals surface area (Å²) in [7, 11) is 0. The molecule has 0 bridgehead atoms. The van der Waals surface area contributed by atoms with E-state index in [9.17, 15) is 14.4 Å². The normalized spacial score (nSPS) is 19.4. The van der Waals surface area contributed by atoms with Crippen LogP contribution in [0.25, 0.3) is 0 Å². The fourth-order valence-corrected chi connectivity index (χ4v) is 1.98. The minimum atomic E-state index is -0.512. The van der Waals surface area contributed by atoms with Gasteiger partial charge in [0.15, 0.2) is 0 Å². The Labute approximate surface area is 110 Å². The van der Waals surface area contributed by atoms with Crippen LogP contribution in [0.2, 0.25) is 0 Å². The molecule has 1 fully saturated rings. The molecule has 2 N–H and O–H groups in total. The summed E-state index contributed by atoms with van der Waals surface area (Å²) in [5.41, 5.74) is -0.483. The lowest BCUT2D eigenvalue weighted by atomic mass is 10.1. The van der Waals surface area contributed by atoms with Gasteiger partial charge in [0.25, 0.3) is 0 Å². The van der Waals surface area contributed by atoms with E-state index in [4.69, 9.17) is 0 Å². The summed E-state index contributed by atoms with van der Waals surface area (Å²) in [6.45, 7) is 0.518. The summed E-state index contributed by atoms with van der Waals surface area (Å²) >= 11 is 0. The summed E-state index contributed by atoms with van der Waals surface area (Å²) in [6, 6.07) is 1.06. The third kappa shape index (κ3) is 3.64. The van der Waals surface area contributed by atoms with Crippen LogP contribution >= 0.6 is 0 Å². The van der Waals surface area contributed by atoms with Gasteiger partial charge in [-0.1, -0.05) is 0 Å². The van der Waals surface area contributed by atoms with Crippen molar-refractivity contribution in [1.29, 1.82) is 0 Å². The monoisotopic (exact) mass is 264 g/mol. The zero-order chi connectivity index (χ0) is 13.7. The Balaban J connectivity index is 1.95. The number of nitrogens with zero attached hydrogens (tertiary/aromatic N) is 2. The van der Waals surface area contributed by atoms with Gasteiger partial charge >= 0.3 is 5.69 Å². The van der Waals surface area contributed by atoms with E-state index in [-0.39, 0.29) is 18.4 Å². The van der Waals surface area contributed by atoms with Gasteiger partial charge in [0, 0.05) is 18.9 Å². The second-order valence-electron chi connectivity index (χ2n) is 4.44. The van der Waals surface area contributed by atoms with E-state index in [1.807, 2.05) is 0 Å². The maximum atomic E-state index is 11.8. The molecule has 1 aliphatic rings. The maximum absolute atomic E-state index is 11.8. The molecule has 1 aromatic rings.